The van der Waals surface area contributed by atoms with Gasteiger partial charge in [-0.25, -0.2) is 4.39 Å². The van der Waals surface area contributed by atoms with Crippen LogP contribution in [0.3, 0.4) is 0 Å². The van der Waals surface area contributed by atoms with Gasteiger partial charge in [-0.05, 0) is 6.07 Å². The molecule has 1 rings (SSSR count). The van der Waals surface area contributed by atoms with Gasteiger partial charge >= 0.3 is 5.97 Å². The summed E-state index contributed by atoms with van der Waals surface area (Å²) >= 11 is 0. The number of carbonyl (C=O) groups is 1. The fourth-order valence-electron chi connectivity index (χ4n) is 0.743. The van der Waals surface area contributed by atoms with E-state index in [2.05, 4.69) is 4.98 Å². The minimum Gasteiger partial charge on any atom is -0.504 e. The van der Waals surface area contributed by atoms with Crippen molar-refractivity contribution in [1.82, 2.24) is 4.98 Å². The summed E-state index contributed by atoms with van der Waals surface area (Å²) in [5.41, 5.74) is -0.164. The summed E-state index contributed by atoms with van der Waals surface area (Å²) in [7, 11) is 0. The molecule has 1 aromatic rings. The normalized spacial score (nSPS) is 9.75. The second-order valence-corrected chi connectivity index (χ2v) is 2.16. The fraction of sp³-hybridized carbons (Fsp3) is 0.143. The molecule has 0 amide bonds. The molecule has 0 spiro atoms. The van der Waals surface area contributed by atoms with Crippen LogP contribution in [0.2, 0.25) is 0 Å². The van der Waals surface area contributed by atoms with E-state index in [4.69, 9.17) is 10.2 Å². The molecule has 0 fully saturated rings. The zero-order chi connectivity index (χ0) is 9.14. The molecule has 4 nitrogen and oxygen atoms in total. The Labute approximate surface area is 67.3 Å². The lowest BCUT2D eigenvalue weighted by Crippen LogP contribution is -2.03. The van der Waals surface area contributed by atoms with Gasteiger partial charge in [0.1, 0.15) is 0 Å². The van der Waals surface area contributed by atoms with E-state index in [1.165, 1.54) is 0 Å². The number of hydrogen-bond acceptors (Lipinski definition) is 3. The van der Waals surface area contributed by atoms with E-state index in [9.17, 15) is 9.18 Å². The third-order valence-electron chi connectivity index (χ3n) is 1.27. The smallest absolute Gasteiger partial charge is 0.309 e. The molecule has 0 bridgehead atoms. The molecule has 0 saturated heterocycles. The Hall–Kier alpha value is -1.65. The molecule has 0 saturated carbocycles. The van der Waals surface area contributed by atoms with Crippen LogP contribution in [0, 0.1) is 5.82 Å². The van der Waals surface area contributed by atoms with Crippen LogP contribution < -0.4 is 0 Å². The maximum atomic E-state index is 12.5. The lowest BCUT2D eigenvalue weighted by Gasteiger charge is -1.99. The Kier molecular flexibility index (Phi) is 2.23. The van der Waals surface area contributed by atoms with Gasteiger partial charge in [-0.15, -0.1) is 0 Å². The molecule has 0 aromatic carbocycles. The van der Waals surface area contributed by atoms with Crippen molar-refractivity contribution in [3.63, 3.8) is 0 Å². The highest BCUT2D eigenvalue weighted by Gasteiger charge is 2.10. The van der Waals surface area contributed by atoms with Gasteiger partial charge < -0.3 is 10.2 Å². The summed E-state index contributed by atoms with van der Waals surface area (Å²) in [5, 5.41) is 17.3. The first-order valence-corrected chi connectivity index (χ1v) is 3.15. The maximum absolute atomic E-state index is 12.5. The Morgan fingerprint density at radius 2 is 2.33 bits per heavy atom. The zero-order valence-electron chi connectivity index (χ0n) is 5.99. The summed E-state index contributed by atoms with van der Waals surface area (Å²) in [6.07, 6.45) is 0.622. The van der Waals surface area contributed by atoms with Crippen molar-refractivity contribution < 1.29 is 19.4 Å². The SMILES string of the molecule is O=C(O)Cc1nccc(F)c1O. The lowest BCUT2D eigenvalue weighted by molar-refractivity contribution is -0.136. The van der Waals surface area contributed by atoms with E-state index in [1.807, 2.05) is 0 Å². The topological polar surface area (TPSA) is 70.4 Å². The van der Waals surface area contributed by atoms with Crippen molar-refractivity contribution in [3.8, 4) is 5.75 Å². The van der Waals surface area contributed by atoms with Crippen molar-refractivity contribution in [3.05, 3.63) is 23.8 Å². The monoisotopic (exact) mass is 171 g/mol. The summed E-state index contributed by atoms with van der Waals surface area (Å²) in [5.74, 6) is -2.72. The number of aliphatic carboxylic acids is 1. The van der Waals surface area contributed by atoms with E-state index in [1.54, 1.807) is 0 Å². The Morgan fingerprint density at radius 1 is 1.67 bits per heavy atom. The van der Waals surface area contributed by atoms with E-state index in [0.717, 1.165) is 12.3 Å². The van der Waals surface area contributed by atoms with Crippen molar-refractivity contribution in [2.45, 2.75) is 6.42 Å². The van der Waals surface area contributed by atoms with Gasteiger partial charge in [0.15, 0.2) is 11.6 Å². The van der Waals surface area contributed by atoms with Crippen molar-refractivity contribution in [1.29, 1.82) is 0 Å². The first kappa shape index (κ1) is 8.45. The van der Waals surface area contributed by atoms with Gasteiger partial charge in [0.2, 0.25) is 0 Å². The Morgan fingerprint density at radius 3 is 2.92 bits per heavy atom. The standard InChI is InChI=1S/C7H6FNO3/c8-4-1-2-9-5(7(4)12)3-6(10)11/h1-2,12H,3H2,(H,10,11). The van der Waals surface area contributed by atoms with Crippen LogP contribution >= 0.6 is 0 Å². The predicted molar refractivity (Wildman–Crippen MR) is 37.2 cm³/mol. The number of carboxylic acid groups (broad SMARTS) is 1. The average Bonchev–Trinajstić information content (AvgIpc) is 1.98. The molecular formula is C7H6FNO3. The molecule has 1 aromatic heterocycles. The second kappa shape index (κ2) is 3.17. The Bertz CT molecular complexity index is 314. The third kappa shape index (κ3) is 1.69. The molecule has 2 N–H and O–H groups in total. The number of aromatic hydroxyl groups is 1. The van der Waals surface area contributed by atoms with Crippen molar-refractivity contribution in [2.24, 2.45) is 0 Å². The number of carboxylic acids is 1. The number of pyridine rings is 1. The third-order valence-corrected chi connectivity index (χ3v) is 1.27. The van der Waals surface area contributed by atoms with Crippen molar-refractivity contribution >= 4 is 5.97 Å². The number of hydrogen-bond donors (Lipinski definition) is 2. The second-order valence-electron chi connectivity index (χ2n) is 2.16. The van der Waals surface area contributed by atoms with Crippen LogP contribution in [0.1, 0.15) is 5.69 Å². The van der Waals surface area contributed by atoms with Gasteiger partial charge in [-0.1, -0.05) is 0 Å². The van der Waals surface area contributed by atoms with Gasteiger partial charge in [-0.3, -0.25) is 9.78 Å². The molecule has 0 unspecified atom stereocenters. The zero-order valence-corrected chi connectivity index (χ0v) is 5.99. The van der Waals surface area contributed by atoms with Crippen LogP contribution in [0.4, 0.5) is 4.39 Å². The van der Waals surface area contributed by atoms with E-state index in [0.29, 0.717) is 0 Å². The maximum Gasteiger partial charge on any atom is 0.309 e. The first-order valence-electron chi connectivity index (χ1n) is 3.15. The Balaban J connectivity index is 3.00. The van der Waals surface area contributed by atoms with Crippen LogP contribution in [-0.4, -0.2) is 21.2 Å². The van der Waals surface area contributed by atoms with Gasteiger partial charge in [-0.2, -0.15) is 0 Å². The minimum atomic E-state index is -1.16. The summed E-state index contributed by atoms with van der Waals surface area (Å²) in [6, 6.07) is 0.959. The van der Waals surface area contributed by atoms with Gasteiger partial charge in [0, 0.05) is 6.20 Å². The number of nitrogens with zero attached hydrogens (tertiary/aromatic N) is 1. The highest BCUT2D eigenvalue weighted by atomic mass is 19.1. The predicted octanol–water partition coefficient (Wildman–Crippen LogP) is 0.553. The molecule has 0 radical (unpaired) electrons. The lowest BCUT2D eigenvalue weighted by atomic mass is 10.2. The van der Waals surface area contributed by atoms with Gasteiger partial charge in [0.05, 0.1) is 12.1 Å². The van der Waals surface area contributed by atoms with Crippen molar-refractivity contribution in [2.75, 3.05) is 0 Å². The molecule has 0 atom stereocenters. The summed E-state index contributed by atoms with van der Waals surface area (Å²) in [6.45, 7) is 0. The molecular weight excluding hydrogens is 165 g/mol. The molecule has 1 heterocycles. The molecule has 0 aliphatic heterocycles. The van der Waals surface area contributed by atoms with Gasteiger partial charge in [0.25, 0.3) is 0 Å². The summed E-state index contributed by atoms with van der Waals surface area (Å²) < 4.78 is 12.5. The fourth-order valence-corrected chi connectivity index (χ4v) is 0.743. The van der Waals surface area contributed by atoms with Crippen LogP contribution in [0.25, 0.3) is 0 Å². The van der Waals surface area contributed by atoms with E-state index in [-0.39, 0.29) is 5.69 Å². The quantitative estimate of drug-likeness (QED) is 0.681. The average molecular weight is 171 g/mol. The van der Waals surface area contributed by atoms with Crippen LogP contribution in [-0.2, 0) is 11.2 Å². The van der Waals surface area contributed by atoms with E-state index < -0.39 is 24.0 Å². The largest absolute Gasteiger partial charge is 0.504 e. The highest BCUT2D eigenvalue weighted by molar-refractivity contribution is 5.70. The molecule has 0 aliphatic carbocycles. The van der Waals surface area contributed by atoms with Crippen LogP contribution in [0.15, 0.2) is 12.3 Å². The highest BCUT2D eigenvalue weighted by Crippen LogP contribution is 2.18. The molecule has 5 heteroatoms. The van der Waals surface area contributed by atoms with Crippen LogP contribution in [0.5, 0.6) is 5.75 Å². The number of rotatable bonds is 2. The first-order chi connectivity index (χ1) is 5.61. The number of halogens is 1. The molecule has 0 aliphatic rings. The molecule has 64 valence electrons. The van der Waals surface area contributed by atoms with E-state index >= 15 is 0 Å². The minimum absolute atomic E-state index is 0.164. The number of aromatic nitrogens is 1. The molecule has 12 heavy (non-hydrogen) atoms. The summed E-state index contributed by atoms with van der Waals surface area (Å²) in [4.78, 5) is 13.7.